The lowest BCUT2D eigenvalue weighted by Gasteiger charge is -2.06. The first kappa shape index (κ1) is 14.6. The van der Waals surface area contributed by atoms with E-state index in [1.807, 2.05) is 0 Å². The number of amides is 2. The van der Waals surface area contributed by atoms with Crippen LogP contribution in [0.2, 0.25) is 0 Å². The fraction of sp³-hybridized carbons (Fsp3) is 0.0667. The molecule has 4 nitrogen and oxygen atoms in total. The van der Waals surface area contributed by atoms with E-state index in [0.29, 0.717) is 11.1 Å². The van der Waals surface area contributed by atoms with Crippen molar-refractivity contribution in [2.75, 3.05) is 0 Å². The molecule has 2 aromatic rings. The Kier molecular flexibility index (Phi) is 3.98. The number of rotatable bonds is 4. The summed E-state index contributed by atoms with van der Waals surface area (Å²) in [5.74, 6) is -3.96. The van der Waals surface area contributed by atoms with E-state index in [9.17, 15) is 18.4 Å². The maximum atomic E-state index is 13.4. The SMILES string of the molecule is NC(=O)c1ccc(Cc2cc(F)c(F)c(C(N)=O)c2)cc1. The Morgan fingerprint density at radius 1 is 0.905 bits per heavy atom. The van der Waals surface area contributed by atoms with Crippen molar-refractivity contribution in [3.05, 3.63) is 70.3 Å². The molecule has 0 fully saturated rings. The molecule has 0 saturated heterocycles. The molecule has 21 heavy (non-hydrogen) atoms. The van der Waals surface area contributed by atoms with Crippen LogP contribution in [-0.4, -0.2) is 11.8 Å². The third-order valence-corrected chi connectivity index (χ3v) is 3.00. The fourth-order valence-electron chi connectivity index (χ4n) is 1.95. The zero-order chi connectivity index (χ0) is 15.6. The van der Waals surface area contributed by atoms with E-state index in [-0.39, 0.29) is 6.42 Å². The van der Waals surface area contributed by atoms with Crippen LogP contribution in [0.4, 0.5) is 8.78 Å². The number of hydrogen-bond donors (Lipinski definition) is 2. The minimum absolute atomic E-state index is 0.260. The Labute approximate surface area is 119 Å². The number of carbonyl (C=O) groups is 2. The van der Waals surface area contributed by atoms with Crippen LogP contribution in [0.1, 0.15) is 31.8 Å². The molecule has 0 unspecified atom stereocenters. The van der Waals surface area contributed by atoms with Crippen molar-refractivity contribution in [3.8, 4) is 0 Å². The monoisotopic (exact) mass is 290 g/mol. The van der Waals surface area contributed by atoms with Gasteiger partial charge in [0.2, 0.25) is 5.91 Å². The van der Waals surface area contributed by atoms with E-state index in [2.05, 4.69) is 0 Å². The van der Waals surface area contributed by atoms with Gasteiger partial charge in [0.05, 0.1) is 5.56 Å². The molecule has 0 aliphatic rings. The molecule has 2 amide bonds. The van der Waals surface area contributed by atoms with Crippen molar-refractivity contribution in [2.24, 2.45) is 11.5 Å². The van der Waals surface area contributed by atoms with Gasteiger partial charge in [-0.15, -0.1) is 0 Å². The molecule has 2 aromatic carbocycles. The normalized spacial score (nSPS) is 10.4. The molecule has 0 heterocycles. The van der Waals surface area contributed by atoms with Gasteiger partial charge in [-0.05, 0) is 41.8 Å². The summed E-state index contributed by atoms with van der Waals surface area (Å²) in [6, 6.07) is 8.57. The van der Waals surface area contributed by atoms with Crippen LogP contribution < -0.4 is 11.5 Å². The van der Waals surface area contributed by atoms with Gasteiger partial charge < -0.3 is 11.5 Å². The summed E-state index contributed by atoms with van der Waals surface area (Å²) in [4.78, 5) is 22.0. The predicted molar refractivity (Wildman–Crippen MR) is 72.6 cm³/mol. The highest BCUT2D eigenvalue weighted by Crippen LogP contribution is 2.18. The third-order valence-electron chi connectivity index (χ3n) is 3.00. The highest BCUT2D eigenvalue weighted by Gasteiger charge is 2.15. The quantitative estimate of drug-likeness (QED) is 0.898. The van der Waals surface area contributed by atoms with Gasteiger partial charge in [-0.1, -0.05) is 12.1 Å². The van der Waals surface area contributed by atoms with Crippen LogP contribution in [0.15, 0.2) is 36.4 Å². The van der Waals surface area contributed by atoms with Crippen LogP contribution in [0, 0.1) is 11.6 Å². The molecule has 4 N–H and O–H groups in total. The van der Waals surface area contributed by atoms with Crippen LogP contribution in [0.3, 0.4) is 0 Å². The highest BCUT2D eigenvalue weighted by molar-refractivity contribution is 5.93. The second kappa shape index (κ2) is 5.70. The molecule has 0 atom stereocenters. The predicted octanol–water partition coefficient (Wildman–Crippen LogP) is 1.75. The zero-order valence-corrected chi connectivity index (χ0v) is 10.9. The Hall–Kier alpha value is -2.76. The molecule has 0 saturated carbocycles. The minimum Gasteiger partial charge on any atom is -0.366 e. The number of hydrogen-bond acceptors (Lipinski definition) is 2. The van der Waals surface area contributed by atoms with Crippen molar-refractivity contribution in [2.45, 2.75) is 6.42 Å². The standard InChI is InChI=1S/C15H12F2N2O2/c16-12-7-9(6-11(13(12)17)15(19)21)5-8-1-3-10(4-2-8)14(18)20/h1-4,6-7H,5H2,(H2,18,20)(H2,19,21). The molecule has 0 radical (unpaired) electrons. The summed E-state index contributed by atoms with van der Waals surface area (Å²) < 4.78 is 26.8. The lowest BCUT2D eigenvalue weighted by atomic mass is 10.0. The Morgan fingerprint density at radius 2 is 1.52 bits per heavy atom. The van der Waals surface area contributed by atoms with Crippen molar-refractivity contribution in [3.63, 3.8) is 0 Å². The molecular weight excluding hydrogens is 278 g/mol. The van der Waals surface area contributed by atoms with Gasteiger partial charge in [0.25, 0.3) is 5.91 Å². The summed E-state index contributed by atoms with van der Waals surface area (Å²) >= 11 is 0. The lowest BCUT2D eigenvalue weighted by Crippen LogP contribution is -2.15. The number of carbonyl (C=O) groups excluding carboxylic acids is 2. The van der Waals surface area contributed by atoms with Gasteiger partial charge in [0.1, 0.15) is 0 Å². The van der Waals surface area contributed by atoms with Crippen molar-refractivity contribution in [1.29, 1.82) is 0 Å². The highest BCUT2D eigenvalue weighted by atomic mass is 19.2. The first-order valence-electron chi connectivity index (χ1n) is 6.05. The largest absolute Gasteiger partial charge is 0.366 e. The van der Waals surface area contributed by atoms with E-state index < -0.39 is 29.0 Å². The molecular formula is C15H12F2N2O2. The summed E-state index contributed by atoms with van der Waals surface area (Å²) in [5.41, 5.74) is 11.1. The molecule has 0 aliphatic heterocycles. The molecule has 2 rings (SSSR count). The van der Waals surface area contributed by atoms with E-state index in [1.54, 1.807) is 12.1 Å². The molecule has 0 aromatic heterocycles. The number of primary amides is 2. The fourth-order valence-corrected chi connectivity index (χ4v) is 1.95. The topological polar surface area (TPSA) is 86.2 Å². The van der Waals surface area contributed by atoms with Crippen LogP contribution in [0.5, 0.6) is 0 Å². The first-order chi connectivity index (χ1) is 9.88. The average Bonchev–Trinajstić information content (AvgIpc) is 2.43. The third kappa shape index (κ3) is 3.22. The summed E-state index contributed by atoms with van der Waals surface area (Å²) in [5, 5.41) is 0. The molecule has 0 aliphatic carbocycles. The second-order valence-electron chi connectivity index (χ2n) is 4.54. The lowest BCUT2D eigenvalue weighted by molar-refractivity contribution is 0.0989. The van der Waals surface area contributed by atoms with Crippen LogP contribution in [-0.2, 0) is 6.42 Å². The van der Waals surface area contributed by atoms with E-state index >= 15 is 0 Å². The number of halogens is 2. The van der Waals surface area contributed by atoms with E-state index in [1.165, 1.54) is 18.2 Å². The number of benzene rings is 2. The van der Waals surface area contributed by atoms with Crippen molar-refractivity contribution in [1.82, 2.24) is 0 Å². The van der Waals surface area contributed by atoms with Gasteiger partial charge in [-0.3, -0.25) is 9.59 Å². The van der Waals surface area contributed by atoms with Crippen molar-refractivity contribution >= 4 is 11.8 Å². The Balaban J connectivity index is 2.31. The molecule has 6 heteroatoms. The van der Waals surface area contributed by atoms with Gasteiger partial charge in [0, 0.05) is 5.56 Å². The molecule has 0 bridgehead atoms. The van der Waals surface area contributed by atoms with Crippen LogP contribution >= 0.6 is 0 Å². The number of nitrogens with two attached hydrogens (primary N) is 2. The average molecular weight is 290 g/mol. The molecule has 0 spiro atoms. The van der Waals surface area contributed by atoms with Crippen LogP contribution in [0.25, 0.3) is 0 Å². The van der Waals surface area contributed by atoms with Gasteiger partial charge in [-0.2, -0.15) is 0 Å². The Bertz CT molecular complexity index is 712. The van der Waals surface area contributed by atoms with Crippen molar-refractivity contribution < 1.29 is 18.4 Å². The van der Waals surface area contributed by atoms with E-state index in [4.69, 9.17) is 11.5 Å². The van der Waals surface area contributed by atoms with Gasteiger partial charge in [0.15, 0.2) is 11.6 Å². The van der Waals surface area contributed by atoms with E-state index in [0.717, 1.165) is 11.6 Å². The second-order valence-corrected chi connectivity index (χ2v) is 4.54. The summed E-state index contributed by atoms with van der Waals surface area (Å²) in [6.45, 7) is 0. The summed E-state index contributed by atoms with van der Waals surface area (Å²) in [7, 11) is 0. The first-order valence-corrected chi connectivity index (χ1v) is 6.05. The smallest absolute Gasteiger partial charge is 0.251 e. The summed E-state index contributed by atoms with van der Waals surface area (Å²) in [6.07, 6.45) is 0.260. The van der Waals surface area contributed by atoms with Gasteiger partial charge in [-0.25, -0.2) is 8.78 Å². The minimum atomic E-state index is -1.25. The van der Waals surface area contributed by atoms with Gasteiger partial charge >= 0.3 is 0 Å². The maximum Gasteiger partial charge on any atom is 0.251 e. The maximum absolute atomic E-state index is 13.4. The Morgan fingerprint density at radius 3 is 2.05 bits per heavy atom. The zero-order valence-electron chi connectivity index (χ0n) is 10.9. The molecule has 108 valence electrons.